The van der Waals surface area contributed by atoms with Gasteiger partial charge >= 0.3 is 0 Å². The van der Waals surface area contributed by atoms with Gasteiger partial charge in [-0.2, -0.15) is 13.0 Å². The minimum atomic E-state index is -3.97. The van der Waals surface area contributed by atoms with Crippen molar-refractivity contribution < 1.29 is 22.3 Å². The maximum absolute atomic E-state index is 11.2. The molecular formula is C33H39N2O4S3+. The number of benzene rings is 2. The van der Waals surface area contributed by atoms with Crippen molar-refractivity contribution in [1.82, 2.24) is 0 Å². The molecule has 1 aliphatic heterocycles. The second kappa shape index (κ2) is 13.6. The molecule has 1 N–H and O–H groups in total. The topological polar surface area (TPSA) is 70.7 Å². The molecule has 0 amide bonds. The first kappa shape index (κ1) is 30.6. The van der Waals surface area contributed by atoms with Crippen LogP contribution >= 0.6 is 23.1 Å². The van der Waals surface area contributed by atoms with E-state index < -0.39 is 10.1 Å². The van der Waals surface area contributed by atoms with Gasteiger partial charge in [-0.05, 0) is 86.9 Å². The first-order valence-corrected chi connectivity index (χ1v) is 17.9. The van der Waals surface area contributed by atoms with Gasteiger partial charge in [-0.3, -0.25) is 4.55 Å². The second-order valence-corrected chi connectivity index (χ2v) is 14.4. The van der Waals surface area contributed by atoms with Gasteiger partial charge in [0.05, 0.1) is 23.1 Å². The lowest BCUT2D eigenvalue weighted by Crippen LogP contribution is -2.33. The Morgan fingerprint density at radius 3 is 2.62 bits per heavy atom. The number of anilines is 1. The molecule has 6 nitrogen and oxygen atoms in total. The van der Waals surface area contributed by atoms with Crippen LogP contribution in [0.2, 0.25) is 0 Å². The van der Waals surface area contributed by atoms with E-state index in [1.807, 2.05) is 0 Å². The van der Waals surface area contributed by atoms with Crippen molar-refractivity contribution >= 4 is 55.2 Å². The number of thiazole rings is 1. The van der Waals surface area contributed by atoms with Gasteiger partial charge in [0, 0.05) is 23.6 Å². The van der Waals surface area contributed by atoms with Crippen molar-refractivity contribution in [3.8, 4) is 0 Å². The van der Waals surface area contributed by atoms with Crippen LogP contribution in [0.4, 0.5) is 5.69 Å². The van der Waals surface area contributed by atoms with Crippen LogP contribution in [0.3, 0.4) is 0 Å². The highest BCUT2D eigenvalue weighted by molar-refractivity contribution is 8.03. The molecule has 2 aliphatic rings. The third-order valence-electron chi connectivity index (χ3n) is 7.52. The second-order valence-electron chi connectivity index (χ2n) is 10.7. The van der Waals surface area contributed by atoms with E-state index in [1.54, 1.807) is 23.1 Å². The standard InChI is InChI=1S/C33H38N2O4S3/c1-4-34-27-12-6-8-14-29(27)40-31(34)18-16-25-22-24(3)23-26(33(25)39-20-10-11-21-42(36,37)38)17-19-32-35(5-2)28-13-7-9-15-30(28)41-32/h6-9,12-19,24H,4-5,10-11,20-23H2,1-3H3/p+1. The Hall–Kier alpha value is -2.85. The Bertz CT molecular complexity index is 1670. The number of fused-ring (bicyclic) bond motifs is 2. The molecule has 3 aromatic rings. The van der Waals surface area contributed by atoms with Gasteiger partial charge in [0.25, 0.3) is 15.1 Å². The van der Waals surface area contributed by atoms with Crippen LogP contribution in [-0.4, -0.2) is 31.9 Å². The van der Waals surface area contributed by atoms with Crippen LogP contribution in [-0.2, 0) is 21.4 Å². The fourth-order valence-corrected chi connectivity index (χ4v) is 8.42. The summed E-state index contributed by atoms with van der Waals surface area (Å²) in [7, 11) is -3.97. The number of ether oxygens (including phenoxy) is 1. The maximum Gasteiger partial charge on any atom is 0.264 e. The molecule has 2 aromatic carbocycles. The summed E-state index contributed by atoms with van der Waals surface area (Å²) in [5, 5.41) is 2.39. The van der Waals surface area contributed by atoms with E-state index in [0.29, 0.717) is 25.4 Å². The molecule has 0 spiro atoms. The number of thioether (sulfide) groups is 1. The quantitative estimate of drug-likeness (QED) is 0.133. The summed E-state index contributed by atoms with van der Waals surface area (Å²) < 4.78 is 41.6. The van der Waals surface area contributed by atoms with Gasteiger partial charge in [-0.15, -0.1) is 0 Å². The third-order valence-corrected chi connectivity index (χ3v) is 10.6. The largest absolute Gasteiger partial charge is 0.493 e. The van der Waals surface area contributed by atoms with Crippen molar-refractivity contribution in [2.75, 3.05) is 23.8 Å². The van der Waals surface area contributed by atoms with Crippen molar-refractivity contribution in [2.24, 2.45) is 5.92 Å². The summed E-state index contributed by atoms with van der Waals surface area (Å²) >= 11 is 3.58. The molecule has 42 heavy (non-hydrogen) atoms. The molecule has 9 heteroatoms. The average molecular weight is 624 g/mol. The van der Waals surface area contributed by atoms with Gasteiger partial charge in [0.1, 0.15) is 17.0 Å². The fourth-order valence-electron chi connectivity index (χ4n) is 5.60. The Balaban J connectivity index is 1.47. The van der Waals surface area contributed by atoms with Crippen LogP contribution < -0.4 is 9.47 Å². The van der Waals surface area contributed by atoms with E-state index >= 15 is 0 Å². The van der Waals surface area contributed by atoms with E-state index in [0.717, 1.165) is 42.8 Å². The minimum absolute atomic E-state index is 0.248. The molecule has 0 radical (unpaired) electrons. The summed E-state index contributed by atoms with van der Waals surface area (Å²) in [6.45, 7) is 8.80. The Kier molecular flexibility index (Phi) is 9.93. The van der Waals surface area contributed by atoms with Crippen LogP contribution in [0.25, 0.3) is 16.3 Å². The molecule has 1 unspecified atom stereocenters. The lowest BCUT2D eigenvalue weighted by Gasteiger charge is -2.26. The summed E-state index contributed by atoms with van der Waals surface area (Å²) in [6, 6.07) is 17.0. The Labute approximate surface area is 257 Å². The molecule has 0 bridgehead atoms. The molecule has 1 aliphatic carbocycles. The lowest BCUT2D eigenvalue weighted by molar-refractivity contribution is -0.665. The monoisotopic (exact) mass is 623 g/mol. The number of para-hydroxylation sites is 2. The van der Waals surface area contributed by atoms with Gasteiger partial charge < -0.3 is 9.64 Å². The molecule has 222 valence electrons. The predicted molar refractivity (Wildman–Crippen MR) is 175 cm³/mol. The number of allylic oxidation sites excluding steroid dienone is 5. The third kappa shape index (κ3) is 7.19. The van der Waals surface area contributed by atoms with Crippen LogP contribution in [0, 0.1) is 5.92 Å². The molecule has 0 saturated carbocycles. The van der Waals surface area contributed by atoms with Gasteiger partial charge in [0.2, 0.25) is 5.52 Å². The predicted octanol–water partition coefficient (Wildman–Crippen LogP) is 7.99. The van der Waals surface area contributed by atoms with Crippen molar-refractivity contribution in [3.63, 3.8) is 0 Å². The van der Waals surface area contributed by atoms with Crippen molar-refractivity contribution in [1.29, 1.82) is 0 Å². The number of aromatic nitrogens is 1. The van der Waals surface area contributed by atoms with E-state index in [1.165, 1.54) is 30.8 Å². The summed E-state index contributed by atoms with van der Waals surface area (Å²) in [5.41, 5.74) is 4.80. The first-order chi connectivity index (χ1) is 20.3. The molecule has 2 heterocycles. The fraction of sp³-hybridized carbons (Fsp3) is 0.364. The zero-order valence-corrected chi connectivity index (χ0v) is 26.9. The highest BCUT2D eigenvalue weighted by Gasteiger charge is 2.26. The number of hydrogen-bond donors (Lipinski definition) is 1. The van der Waals surface area contributed by atoms with Crippen LogP contribution in [0.15, 0.2) is 93.6 Å². The highest BCUT2D eigenvalue weighted by atomic mass is 32.2. The molecule has 1 aromatic heterocycles. The first-order valence-electron chi connectivity index (χ1n) is 14.6. The molecule has 5 rings (SSSR count). The summed E-state index contributed by atoms with van der Waals surface area (Å²) in [6.07, 6.45) is 11.6. The van der Waals surface area contributed by atoms with Crippen LogP contribution in [0.1, 0.15) is 51.5 Å². The van der Waals surface area contributed by atoms with Gasteiger partial charge in [-0.25, -0.2) is 0 Å². The molecule has 0 fully saturated rings. The molecular weight excluding hydrogens is 585 g/mol. The summed E-state index contributed by atoms with van der Waals surface area (Å²) in [4.78, 5) is 3.61. The SMILES string of the molecule is CCN1C(=CC=C2CC(C)CC(C=Cc3sc4ccccc4[n+]3CC)=C2OCCCCS(=O)(=O)O)Sc2ccccc21. The molecule has 1 atom stereocenters. The van der Waals surface area contributed by atoms with Gasteiger partial charge in [-0.1, -0.05) is 60.4 Å². The minimum Gasteiger partial charge on any atom is -0.493 e. The number of rotatable bonds is 11. The normalized spacial score (nSPS) is 19.5. The van der Waals surface area contributed by atoms with E-state index in [-0.39, 0.29) is 5.75 Å². The van der Waals surface area contributed by atoms with Crippen molar-refractivity contribution in [2.45, 2.75) is 57.9 Å². The smallest absolute Gasteiger partial charge is 0.264 e. The maximum atomic E-state index is 11.2. The van der Waals surface area contributed by atoms with E-state index in [9.17, 15) is 8.42 Å². The lowest BCUT2D eigenvalue weighted by atomic mass is 9.85. The number of unbranched alkanes of at least 4 members (excludes halogenated alkanes) is 1. The Morgan fingerprint density at radius 2 is 1.83 bits per heavy atom. The number of nitrogens with zero attached hydrogens (tertiary/aromatic N) is 2. The zero-order valence-electron chi connectivity index (χ0n) is 24.5. The number of hydrogen-bond acceptors (Lipinski definition) is 6. The average Bonchev–Trinajstić information content (AvgIpc) is 3.51. The van der Waals surface area contributed by atoms with Crippen molar-refractivity contribution in [3.05, 3.63) is 93.7 Å². The van der Waals surface area contributed by atoms with E-state index in [2.05, 4.69) is 103 Å². The molecule has 0 saturated heterocycles. The highest BCUT2D eigenvalue weighted by Crippen LogP contribution is 2.46. The van der Waals surface area contributed by atoms with Gasteiger partial charge in [0.15, 0.2) is 0 Å². The Morgan fingerprint density at radius 1 is 1.05 bits per heavy atom. The number of aryl methyl sites for hydroxylation is 1. The zero-order chi connectivity index (χ0) is 29.7. The van der Waals surface area contributed by atoms with Crippen LogP contribution in [0.5, 0.6) is 0 Å². The summed E-state index contributed by atoms with van der Waals surface area (Å²) in [5.74, 6) is 1.10. The van der Waals surface area contributed by atoms with E-state index in [4.69, 9.17) is 9.29 Å².